The minimum atomic E-state index is 0.884. The maximum absolute atomic E-state index is 2.44. The molecule has 0 atom stereocenters. The molecule has 9 rings (SSSR count). The van der Waals surface area contributed by atoms with Crippen molar-refractivity contribution >= 4 is 51.2 Å². The minimum absolute atomic E-state index is 0.884. The molecule has 0 saturated heterocycles. The third-order valence-corrected chi connectivity index (χ3v) is 11.0. The molecule has 284 valence electrons. The predicted octanol–water partition coefficient (Wildman–Crippen LogP) is 15.3. The smallest absolute Gasteiger partial charge is 0.0463 e. The number of allylic oxidation sites excluding steroid dienone is 6. The van der Waals surface area contributed by atoms with Gasteiger partial charge in [0.25, 0.3) is 0 Å². The Morgan fingerprint density at radius 3 is 0.810 bits per heavy atom. The summed E-state index contributed by atoms with van der Waals surface area (Å²) in [5.41, 5.74) is 14.2. The van der Waals surface area contributed by atoms with E-state index in [4.69, 9.17) is 0 Å². The van der Waals surface area contributed by atoms with E-state index in [1.54, 1.807) is 0 Å². The molecule has 4 nitrogen and oxygen atoms in total. The second-order valence-electron chi connectivity index (χ2n) is 14.8. The largest absolute Gasteiger partial charge is 0.315 e. The van der Waals surface area contributed by atoms with E-state index in [0.29, 0.717) is 0 Å². The molecular weight excluding hydrogens is 705 g/mol. The molecule has 0 N–H and O–H groups in total. The van der Waals surface area contributed by atoms with Gasteiger partial charge in [0.15, 0.2) is 0 Å². The summed E-state index contributed by atoms with van der Waals surface area (Å²) in [4.78, 5) is 9.59. The summed E-state index contributed by atoms with van der Waals surface area (Å²) in [6.07, 6.45) is 13.5. The highest BCUT2D eigenvalue weighted by atomic mass is 15.2. The molecule has 4 heteroatoms. The fourth-order valence-electron chi connectivity index (χ4n) is 8.29. The SMILES string of the molecule is C1=C(N(c2ccccc2)c2ccc(N(C3=CC=C(N(c4ccccc4)c4ccccc4)CC3)c3ccc(N(c4ccccc4)c4ccccc4)cc3)cc2)CCCC1. The van der Waals surface area contributed by atoms with Gasteiger partial charge in [0.1, 0.15) is 0 Å². The van der Waals surface area contributed by atoms with Crippen LogP contribution in [0.1, 0.15) is 38.5 Å². The molecule has 2 aliphatic carbocycles. The van der Waals surface area contributed by atoms with Crippen LogP contribution < -0.4 is 19.6 Å². The summed E-state index contributed by atoms with van der Waals surface area (Å²) in [6, 6.07) is 71.6. The van der Waals surface area contributed by atoms with E-state index in [-0.39, 0.29) is 0 Å². The number of nitrogens with zero attached hydrogens (tertiary/aromatic N) is 4. The second-order valence-corrected chi connectivity index (χ2v) is 14.8. The van der Waals surface area contributed by atoms with Crippen molar-refractivity contribution in [3.05, 3.63) is 236 Å². The van der Waals surface area contributed by atoms with Crippen molar-refractivity contribution in [2.75, 3.05) is 19.6 Å². The molecule has 0 aliphatic heterocycles. The maximum Gasteiger partial charge on any atom is 0.0463 e. The van der Waals surface area contributed by atoms with Crippen LogP contribution in [0.2, 0.25) is 0 Å². The Kier molecular flexibility index (Phi) is 11.0. The monoisotopic (exact) mass is 752 g/mol. The number of benzene rings is 7. The molecule has 0 unspecified atom stereocenters. The number of hydrogen-bond donors (Lipinski definition) is 0. The Bertz CT molecular complexity index is 2400. The van der Waals surface area contributed by atoms with Gasteiger partial charge in [-0.2, -0.15) is 0 Å². The summed E-state index contributed by atoms with van der Waals surface area (Å²) in [7, 11) is 0. The van der Waals surface area contributed by atoms with Crippen molar-refractivity contribution in [3.63, 3.8) is 0 Å². The van der Waals surface area contributed by atoms with Crippen LogP contribution in [-0.2, 0) is 0 Å². The Morgan fingerprint density at radius 1 is 0.241 bits per heavy atom. The van der Waals surface area contributed by atoms with Crippen molar-refractivity contribution in [2.24, 2.45) is 0 Å². The van der Waals surface area contributed by atoms with E-state index < -0.39 is 0 Å². The van der Waals surface area contributed by atoms with Gasteiger partial charge < -0.3 is 19.6 Å². The highest BCUT2D eigenvalue weighted by molar-refractivity contribution is 5.80. The summed E-state index contributed by atoms with van der Waals surface area (Å²) in [6.45, 7) is 0. The molecule has 7 aromatic rings. The third kappa shape index (κ3) is 7.96. The molecule has 0 amide bonds. The average Bonchev–Trinajstić information content (AvgIpc) is 3.30. The molecule has 58 heavy (non-hydrogen) atoms. The van der Waals surface area contributed by atoms with Crippen LogP contribution in [0, 0.1) is 0 Å². The van der Waals surface area contributed by atoms with E-state index in [9.17, 15) is 0 Å². The Morgan fingerprint density at radius 2 is 0.517 bits per heavy atom. The van der Waals surface area contributed by atoms with Gasteiger partial charge in [-0.3, -0.25) is 0 Å². The van der Waals surface area contributed by atoms with E-state index in [0.717, 1.165) is 65.5 Å². The van der Waals surface area contributed by atoms with E-state index in [2.05, 4.69) is 238 Å². The molecule has 0 spiro atoms. The van der Waals surface area contributed by atoms with Gasteiger partial charge in [-0.15, -0.1) is 0 Å². The van der Waals surface area contributed by atoms with Crippen LogP contribution in [0.15, 0.2) is 236 Å². The average molecular weight is 753 g/mol. The van der Waals surface area contributed by atoms with Crippen LogP contribution in [0.3, 0.4) is 0 Å². The Balaban J connectivity index is 1.11. The lowest BCUT2D eigenvalue weighted by Gasteiger charge is -2.34. The first-order valence-corrected chi connectivity index (χ1v) is 20.5. The van der Waals surface area contributed by atoms with Gasteiger partial charge in [-0.1, -0.05) is 97.1 Å². The zero-order valence-corrected chi connectivity index (χ0v) is 32.8. The molecular formula is C54H48N4. The number of anilines is 9. The van der Waals surface area contributed by atoms with Gasteiger partial charge >= 0.3 is 0 Å². The summed E-state index contributed by atoms with van der Waals surface area (Å²) < 4.78 is 0. The summed E-state index contributed by atoms with van der Waals surface area (Å²) in [5, 5.41) is 0. The summed E-state index contributed by atoms with van der Waals surface area (Å²) >= 11 is 0. The van der Waals surface area contributed by atoms with E-state index >= 15 is 0 Å². The molecule has 0 radical (unpaired) electrons. The maximum atomic E-state index is 2.44. The van der Waals surface area contributed by atoms with Gasteiger partial charge in [0.05, 0.1) is 0 Å². The topological polar surface area (TPSA) is 13.0 Å². The first kappa shape index (κ1) is 36.6. The van der Waals surface area contributed by atoms with Gasteiger partial charge in [-0.05, 0) is 160 Å². The third-order valence-electron chi connectivity index (χ3n) is 11.0. The zero-order chi connectivity index (χ0) is 38.9. The first-order chi connectivity index (χ1) is 28.8. The van der Waals surface area contributed by atoms with E-state index in [1.165, 1.54) is 41.3 Å². The normalized spacial score (nSPS) is 13.8. The van der Waals surface area contributed by atoms with Crippen LogP contribution in [0.25, 0.3) is 0 Å². The number of hydrogen-bond acceptors (Lipinski definition) is 4. The number of para-hydroxylation sites is 5. The quantitative estimate of drug-likeness (QED) is 0.123. The summed E-state index contributed by atoms with van der Waals surface area (Å²) in [5.74, 6) is 0. The molecule has 0 aromatic heterocycles. The lowest BCUT2D eigenvalue weighted by molar-refractivity contribution is 0.691. The predicted molar refractivity (Wildman–Crippen MR) is 245 cm³/mol. The van der Waals surface area contributed by atoms with Crippen LogP contribution >= 0.6 is 0 Å². The van der Waals surface area contributed by atoms with Crippen molar-refractivity contribution in [2.45, 2.75) is 38.5 Å². The highest BCUT2D eigenvalue weighted by Gasteiger charge is 2.23. The van der Waals surface area contributed by atoms with Gasteiger partial charge in [0, 0.05) is 68.3 Å². The molecule has 2 aliphatic rings. The molecule has 0 fully saturated rings. The number of rotatable bonds is 12. The minimum Gasteiger partial charge on any atom is -0.315 e. The van der Waals surface area contributed by atoms with Crippen LogP contribution in [0.5, 0.6) is 0 Å². The van der Waals surface area contributed by atoms with Crippen molar-refractivity contribution in [3.8, 4) is 0 Å². The van der Waals surface area contributed by atoms with Gasteiger partial charge in [-0.25, -0.2) is 0 Å². The zero-order valence-electron chi connectivity index (χ0n) is 32.8. The Hall–Kier alpha value is -7.04. The van der Waals surface area contributed by atoms with Crippen molar-refractivity contribution in [1.29, 1.82) is 0 Å². The Labute approximate surface area is 343 Å². The van der Waals surface area contributed by atoms with Crippen molar-refractivity contribution < 1.29 is 0 Å². The lowest BCUT2D eigenvalue weighted by atomic mass is 10.0. The van der Waals surface area contributed by atoms with Gasteiger partial charge in [0.2, 0.25) is 0 Å². The van der Waals surface area contributed by atoms with Crippen LogP contribution in [-0.4, -0.2) is 0 Å². The fourth-order valence-corrected chi connectivity index (χ4v) is 8.29. The standard InChI is InChI=1S/C54H48N4/c1-7-19-43(20-8-1)55(44-21-9-2-10-22-44)49-31-37-52(38-32-49)58(53-39-33-50(34-40-53)56(45-23-11-3-12-24-45)46-25-13-4-14-26-46)54-41-35-51(36-42-54)57(47-27-15-5-16-28-47)48-29-17-6-18-30-48/h1-5,7-16,19-29,31-33,35-39,41-42H,6,17-18,30,34,40H2. The van der Waals surface area contributed by atoms with E-state index in [1.807, 2.05) is 0 Å². The lowest BCUT2D eigenvalue weighted by Crippen LogP contribution is -2.22. The molecule has 0 heterocycles. The fraction of sp³-hybridized carbons (Fsp3) is 0.111. The second kappa shape index (κ2) is 17.4. The van der Waals surface area contributed by atoms with Crippen molar-refractivity contribution in [1.82, 2.24) is 0 Å². The molecule has 0 bridgehead atoms. The van der Waals surface area contributed by atoms with Crippen LogP contribution in [0.4, 0.5) is 51.2 Å². The highest BCUT2D eigenvalue weighted by Crippen LogP contribution is 2.42. The molecule has 0 saturated carbocycles. The molecule has 7 aromatic carbocycles. The first-order valence-electron chi connectivity index (χ1n) is 20.5.